The summed E-state index contributed by atoms with van der Waals surface area (Å²) in [5.74, 6) is -4.46. The molecule has 0 radical (unpaired) electrons. The van der Waals surface area contributed by atoms with Gasteiger partial charge in [0.25, 0.3) is 0 Å². The Kier molecular flexibility index (Phi) is 20.5. The first-order chi connectivity index (χ1) is 39.2. The molecule has 0 spiro atoms. The van der Waals surface area contributed by atoms with Gasteiger partial charge in [0.05, 0.1) is 11.5 Å². The Balaban J connectivity index is 0.000000157. The Morgan fingerprint density at radius 3 is 0.605 bits per heavy atom. The number of carboxylic acid groups (broad SMARTS) is 2. The van der Waals surface area contributed by atoms with Gasteiger partial charge in [0, 0.05) is 36.4 Å². The van der Waals surface area contributed by atoms with E-state index in [1.807, 2.05) is 0 Å². The Morgan fingerprint density at radius 2 is 0.444 bits per heavy atom. The molecule has 11 rings (SSSR count). The summed E-state index contributed by atoms with van der Waals surface area (Å²) in [4.78, 5) is 20.7. The van der Waals surface area contributed by atoms with Crippen molar-refractivity contribution < 1.29 is 55.5 Å². The van der Waals surface area contributed by atoms with Crippen LogP contribution in [-0.4, -0.2) is 47.7 Å². The number of carboxylic acids is 2. The molecule has 0 amide bonds. The molecule has 0 saturated heterocycles. The highest BCUT2D eigenvalue weighted by molar-refractivity contribution is 8.02. The lowest BCUT2D eigenvalue weighted by Gasteiger charge is -2.27. The largest absolute Gasteiger partial charge is 0.872 e. The second-order valence-electron chi connectivity index (χ2n) is 17.8. The molecule has 11 aromatic carbocycles. The van der Waals surface area contributed by atoms with Crippen molar-refractivity contribution in [2.75, 3.05) is 0 Å². The number of hydrogen-bond acceptors (Lipinski definition) is 10. The lowest BCUT2D eigenvalue weighted by atomic mass is 10.1. The first-order valence-electron chi connectivity index (χ1n) is 25.2. The van der Waals surface area contributed by atoms with Crippen LogP contribution < -0.4 is 52.6 Å². The minimum Gasteiger partial charge on any atom is -0.872 e. The summed E-state index contributed by atoms with van der Waals surface area (Å²) >= 11 is 0. The lowest BCUT2D eigenvalue weighted by molar-refractivity contribution is -0.269. The number of rotatable bonds is 10. The first-order valence-corrected chi connectivity index (χ1v) is 28.7. The number of carbonyl (C=O) groups excluding carboxylic acids is 1. The molecule has 404 valence electrons. The summed E-state index contributed by atoms with van der Waals surface area (Å²) in [7, 11) is -3.81. The van der Waals surface area contributed by atoms with Gasteiger partial charge >= 0.3 is 5.97 Å². The standard InChI is InChI=1S/2C24H20P.C8H6O5.2C6H6O3/c2*1-5-13-21(14-6-1)25(22-15-7-2-8-16-22,23-17-9-3-10-18-23)24-19-11-4-12-20-24;9-6-2-4(7(10)11)1-5(3-6)8(12)13;2*7-4-1-5(8)3-6(9)2-4/h2*1-20H;1-3,9H,(H,10,11)(H,12,13);2*1-3,7-9H/q2*+1;;;/p-2. The highest BCUT2D eigenvalue weighted by Crippen LogP contribution is 2.55. The molecule has 11 aromatic rings. The highest BCUT2D eigenvalue weighted by atomic mass is 31.2. The van der Waals surface area contributed by atoms with E-state index in [1.54, 1.807) is 0 Å². The second-order valence-corrected chi connectivity index (χ2v) is 24.6. The van der Waals surface area contributed by atoms with Crippen molar-refractivity contribution in [2.24, 2.45) is 0 Å². The van der Waals surface area contributed by atoms with Crippen LogP contribution in [0.5, 0.6) is 40.2 Å². The fraction of sp³-hybridized carbons (Fsp3) is 0. The second kappa shape index (κ2) is 28.4. The Hall–Kier alpha value is -10.2. The van der Waals surface area contributed by atoms with Gasteiger partial charge in [-0.15, -0.1) is 5.75 Å². The smallest absolute Gasteiger partial charge is 0.335 e. The fourth-order valence-electron chi connectivity index (χ4n) is 9.00. The predicted octanol–water partition coefficient (Wildman–Crippen LogP) is 9.04. The molecule has 0 fully saturated rings. The summed E-state index contributed by atoms with van der Waals surface area (Å²) in [6.07, 6.45) is 0. The molecular weight excluding hydrogens is 1050 g/mol. The van der Waals surface area contributed by atoms with Crippen LogP contribution in [0.4, 0.5) is 0 Å². The van der Waals surface area contributed by atoms with E-state index in [4.69, 9.17) is 35.7 Å². The Morgan fingerprint density at radius 1 is 0.272 bits per heavy atom. The number of aromatic carboxylic acids is 2. The zero-order chi connectivity index (χ0) is 57.6. The monoisotopic (exact) mass is 1110 g/mol. The van der Waals surface area contributed by atoms with Crippen LogP contribution in [0.15, 0.2) is 297 Å². The van der Waals surface area contributed by atoms with E-state index in [1.165, 1.54) is 42.4 Å². The maximum Gasteiger partial charge on any atom is 0.335 e. The molecule has 11 nitrogen and oxygen atoms in total. The third-order valence-corrected chi connectivity index (χ3v) is 20.9. The van der Waals surface area contributed by atoms with E-state index < -0.39 is 37.8 Å². The Labute approximate surface area is 470 Å². The van der Waals surface area contributed by atoms with Gasteiger partial charge in [-0.2, -0.15) is 0 Å². The molecule has 0 aliphatic rings. The zero-order valence-electron chi connectivity index (χ0n) is 43.4. The minimum atomic E-state index is -1.91. The molecule has 81 heavy (non-hydrogen) atoms. The van der Waals surface area contributed by atoms with Gasteiger partial charge in [-0.25, -0.2) is 4.79 Å². The quantitative estimate of drug-likeness (QED) is 0.0640. The summed E-state index contributed by atoms with van der Waals surface area (Å²) < 4.78 is 0. The van der Waals surface area contributed by atoms with E-state index in [2.05, 4.69) is 243 Å². The summed E-state index contributed by atoms with van der Waals surface area (Å²) in [5.41, 5.74) is -0.781. The normalized spacial score (nSPS) is 10.5. The van der Waals surface area contributed by atoms with Gasteiger partial charge in [0.15, 0.2) is 0 Å². The molecular formula is C68H56O11P2. The van der Waals surface area contributed by atoms with Gasteiger partial charge < -0.3 is 50.8 Å². The van der Waals surface area contributed by atoms with Crippen LogP contribution >= 0.6 is 14.5 Å². The van der Waals surface area contributed by atoms with Crippen LogP contribution in [0.1, 0.15) is 20.7 Å². The van der Waals surface area contributed by atoms with Crippen molar-refractivity contribution in [1.82, 2.24) is 0 Å². The summed E-state index contributed by atoms with van der Waals surface area (Å²) in [6.45, 7) is 0. The number of hydrogen-bond donors (Lipinski definition) is 7. The van der Waals surface area contributed by atoms with E-state index in [-0.39, 0.29) is 40.1 Å². The van der Waals surface area contributed by atoms with Crippen LogP contribution in [-0.2, 0) is 0 Å². The molecule has 0 heterocycles. The lowest BCUT2D eigenvalue weighted by Crippen LogP contribution is -2.38. The van der Waals surface area contributed by atoms with Crippen LogP contribution in [0.2, 0.25) is 0 Å². The molecule has 0 aliphatic carbocycles. The van der Waals surface area contributed by atoms with Crippen molar-refractivity contribution >= 4 is 68.9 Å². The van der Waals surface area contributed by atoms with Gasteiger partial charge in [0.1, 0.15) is 91.5 Å². The average Bonchev–Trinajstić information content (AvgIpc) is 3.51. The molecule has 0 saturated carbocycles. The van der Waals surface area contributed by atoms with Crippen molar-refractivity contribution in [3.63, 3.8) is 0 Å². The maximum atomic E-state index is 10.8. The number of aromatic hydroxyl groups is 6. The van der Waals surface area contributed by atoms with E-state index in [0.29, 0.717) is 0 Å². The van der Waals surface area contributed by atoms with E-state index in [0.717, 1.165) is 54.6 Å². The number of phenolic OH excluding ortho intramolecular Hbond substituents is 6. The maximum absolute atomic E-state index is 10.8. The van der Waals surface area contributed by atoms with Gasteiger partial charge in [-0.3, -0.25) is 0 Å². The molecule has 0 bridgehead atoms. The summed E-state index contributed by atoms with van der Waals surface area (Å²) in [5, 5.41) is 92.7. The van der Waals surface area contributed by atoms with Crippen LogP contribution in [0.25, 0.3) is 0 Å². The third kappa shape index (κ3) is 15.1. The molecule has 7 N–H and O–H groups in total. The van der Waals surface area contributed by atoms with Crippen molar-refractivity contribution in [3.8, 4) is 40.2 Å². The van der Waals surface area contributed by atoms with E-state index >= 15 is 0 Å². The number of phenols is 6. The summed E-state index contributed by atoms with van der Waals surface area (Å²) in [6, 6.07) is 97.0. The number of benzene rings is 11. The van der Waals surface area contributed by atoms with Crippen molar-refractivity contribution in [3.05, 3.63) is 308 Å². The molecule has 13 heteroatoms. The highest BCUT2D eigenvalue weighted by Gasteiger charge is 2.48. The fourth-order valence-corrected chi connectivity index (χ4v) is 17.5. The van der Waals surface area contributed by atoms with Crippen molar-refractivity contribution in [1.29, 1.82) is 0 Å². The molecule has 0 aliphatic heterocycles. The van der Waals surface area contributed by atoms with Gasteiger partial charge in [-0.05, 0) is 109 Å². The first kappa shape index (κ1) is 58.5. The molecule has 0 unspecified atom stereocenters. The van der Waals surface area contributed by atoms with E-state index in [9.17, 15) is 19.8 Å². The zero-order valence-corrected chi connectivity index (χ0v) is 45.2. The van der Waals surface area contributed by atoms with Gasteiger partial charge in [0.2, 0.25) is 0 Å². The minimum absolute atomic E-state index is 0.146. The SMILES string of the molecule is O=C([O-])c1cc([O-])cc(C(=O)O)c1.Oc1cc(O)cc(O)c1.Oc1cc(O)cc(O)c1.c1ccc([P+](c2ccccc2)(c2ccccc2)c2ccccc2)cc1.c1ccc([P+](c2ccccc2)(c2ccccc2)c2ccccc2)cc1. The van der Waals surface area contributed by atoms with Crippen molar-refractivity contribution in [2.45, 2.75) is 0 Å². The predicted molar refractivity (Wildman–Crippen MR) is 322 cm³/mol. The Bertz CT molecular complexity index is 3040. The molecule has 0 aromatic heterocycles. The van der Waals surface area contributed by atoms with Crippen LogP contribution in [0, 0.1) is 0 Å². The van der Waals surface area contributed by atoms with Gasteiger partial charge in [-0.1, -0.05) is 158 Å². The molecule has 0 atom stereocenters. The number of carbonyl (C=O) groups is 2. The third-order valence-electron chi connectivity index (χ3n) is 12.3. The topological polar surface area (TPSA) is 222 Å². The average molecular weight is 1110 g/mol. The van der Waals surface area contributed by atoms with Crippen LogP contribution in [0.3, 0.4) is 0 Å².